The van der Waals surface area contributed by atoms with Gasteiger partial charge in [-0.3, -0.25) is 9.59 Å². The number of ketones is 1. The van der Waals surface area contributed by atoms with Gasteiger partial charge in [-0.15, -0.1) is 0 Å². The molecule has 0 aromatic carbocycles. The summed E-state index contributed by atoms with van der Waals surface area (Å²) in [4.78, 5) is 29.1. The molecule has 0 amide bonds. The molecule has 156 valence electrons. The van der Waals surface area contributed by atoms with Gasteiger partial charge in [-0.25, -0.2) is 4.98 Å². The van der Waals surface area contributed by atoms with Gasteiger partial charge >= 0.3 is 0 Å². The highest BCUT2D eigenvalue weighted by Gasteiger charge is 2.30. The zero-order valence-corrected chi connectivity index (χ0v) is 17.7. The SMILES string of the molecule is COCCCOc1cc2c(nc1OC)-c1cc(=O)c(C(C)=O)cn1C(C(C)C)C2. The van der Waals surface area contributed by atoms with E-state index in [0.717, 1.165) is 18.4 Å². The number of aromatic nitrogens is 2. The van der Waals surface area contributed by atoms with Crippen molar-refractivity contribution in [3.63, 3.8) is 0 Å². The van der Waals surface area contributed by atoms with Gasteiger partial charge in [0.15, 0.2) is 17.0 Å². The summed E-state index contributed by atoms with van der Waals surface area (Å²) in [5, 5.41) is 0. The molecular weight excluding hydrogens is 372 g/mol. The molecule has 2 aromatic heterocycles. The summed E-state index contributed by atoms with van der Waals surface area (Å²) < 4.78 is 18.4. The molecule has 0 N–H and O–H groups in total. The minimum Gasteiger partial charge on any atom is -0.488 e. The number of hydrogen-bond donors (Lipinski definition) is 0. The minimum atomic E-state index is -0.292. The Morgan fingerprint density at radius 3 is 2.66 bits per heavy atom. The maximum atomic E-state index is 12.5. The normalized spacial score (nSPS) is 15.0. The van der Waals surface area contributed by atoms with Gasteiger partial charge in [0, 0.05) is 38.4 Å². The molecule has 1 unspecified atom stereocenters. The Balaban J connectivity index is 2.10. The van der Waals surface area contributed by atoms with E-state index in [4.69, 9.17) is 14.2 Å². The smallest absolute Gasteiger partial charge is 0.257 e. The summed E-state index contributed by atoms with van der Waals surface area (Å²) in [5.74, 6) is 1.03. The lowest BCUT2D eigenvalue weighted by Crippen LogP contribution is -2.28. The van der Waals surface area contributed by atoms with Gasteiger partial charge < -0.3 is 18.8 Å². The largest absolute Gasteiger partial charge is 0.488 e. The van der Waals surface area contributed by atoms with Gasteiger partial charge in [0.25, 0.3) is 5.88 Å². The van der Waals surface area contributed by atoms with Crippen molar-refractivity contribution in [2.45, 2.75) is 39.7 Å². The van der Waals surface area contributed by atoms with Crippen LogP contribution in [-0.2, 0) is 11.2 Å². The van der Waals surface area contributed by atoms with Gasteiger partial charge in [-0.05, 0) is 30.9 Å². The third kappa shape index (κ3) is 4.19. The highest BCUT2D eigenvalue weighted by atomic mass is 16.5. The number of carbonyl (C=O) groups is 1. The molecule has 0 saturated carbocycles. The zero-order valence-electron chi connectivity index (χ0n) is 17.7. The van der Waals surface area contributed by atoms with Gasteiger partial charge in [-0.2, -0.15) is 0 Å². The third-order valence-electron chi connectivity index (χ3n) is 5.23. The van der Waals surface area contributed by atoms with Crippen LogP contribution in [0.3, 0.4) is 0 Å². The number of pyridine rings is 2. The van der Waals surface area contributed by atoms with E-state index in [2.05, 4.69) is 18.8 Å². The lowest BCUT2D eigenvalue weighted by Gasteiger charge is -2.33. The summed E-state index contributed by atoms with van der Waals surface area (Å²) in [6.45, 7) is 6.79. The van der Waals surface area contributed by atoms with Crippen LogP contribution < -0.4 is 14.9 Å². The Labute approximate surface area is 170 Å². The second-order valence-electron chi connectivity index (χ2n) is 7.61. The maximum absolute atomic E-state index is 12.5. The third-order valence-corrected chi connectivity index (χ3v) is 5.23. The molecule has 0 spiro atoms. The van der Waals surface area contributed by atoms with Crippen molar-refractivity contribution < 1.29 is 19.0 Å². The van der Waals surface area contributed by atoms with Crippen molar-refractivity contribution in [2.75, 3.05) is 27.4 Å². The van der Waals surface area contributed by atoms with Crippen LogP contribution in [-0.4, -0.2) is 42.8 Å². The van der Waals surface area contributed by atoms with Gasteiger partial charge in [0.2, 0.25) is 0 Å². The molecule has 7 nitrogen and oxygen atoms in total. The Morgan fingerprint density at radius 1 is 1.28 bits per heavy atom. The van der Waals surface area contributed by atoms with Crippen molar-refractivity contribution >= 4 is 5.78 Å². The van der Waals surface area contributed by atoms with E-state index < -0.39 is 0 Å². The van der Waals surface area contributed by atoms with E-state index in [9.17, 15) is 9.59 Å². The first kappa shape index (κ1) is 21.0. The molecule has 0 saturated heterocycles. The molecule has 0 bridgehead atoms. The van der Waals surface area contributed by atoms with E-state index in [1.54, 1.807) is 20.4 Å². The molecular formula is C22H28N2O5. The lowest BCUT2D eigenvalue weighted by molar-refractivity contribution is 0.101. The first-order chi connectivity index (χ1) is 13.9. The number of hydrogen-bond acceptors (Lipinski definition) is 6. The molecule has 1 atom stereocenters. The maximum Gasteiger partial charge on any atom is 0.257 e. The number of ether oxygens (including phenoxy) is 3. The predicted octanol–water partition coefficient (Wildman–Crippen LogP) is 3.29. The zero-order chi connectivity index (χ0) is 21.1. The van der Waals surface area contributed by atoms with Crippen molar-refractivity contribution in [3.8, 4) is 23.0 Å². The van der Waals surface area contributed by atoms with Crippen molar-refractivity contribution in [3.05, 3.63) is 39.7 Å². The van der Waals surface area contributed by atoms with E-state index in [0.29, 0.717) is 42.1 Å². The highest BCUT2D eigenvalue weighted by Crippen LogP contribution is 2.40. The lowest BCUT2D eigenvalue weighted by atomic mass is 9.89. The Morgan fingerprint density at radius 2 is 2.03 bits per heavy atom. The average Bonchev–Trinajstić information content (AvgIpc) is 2.69. The van der Waals surface area contributed by atoms with Crippen LogP contribution in [0.2, 0.25) is 0 Å². The molecule has 3 heterocycles. The number of methoxy groups -OCH3 is 2. The molecule has 0 fully saturated rings. The van der Waals surface area contributed by atoms with Gasteiger partial charge in [0.1, 0.15) is 0 Å². The fourth-order valence-electron chi connectivity index (χ4n) is 3.69. The van der Waals surface area contributed by atoms with Crippen molar-refractivity contribution in [2.24, 2.45) is 5.92 Å². The molecule has 1 aliphatic rings. The van der Waals surface area contributed by atoms with Crippen LogP contribution in [0.1, 0.15) is 49.2 Å². The Bertz CT molecular complexity index is 964. The van der Waals surface area contributed by atoms with Gasteiger partial charge in [-0.1, -0.05) is 13.8 Å². The van der Waals surface area contributed by atoms with Crippen LogP contribution in [0.5, 0.6) is 11.6 Å². The van der Waals surface area contributed by atoms with E-state index in [1.165, 1.54) is 13.0 Å². The molecule has 7 heteroatoms. The number of Topliss-reactive ketones (excluding diaryl/α,β-unsaturated/α-hetero) is 1. The van der Waals surface area contributed by atoms with Crippen LogP contribution in [0.25, 0.3) is 11.4 Å². The van der Waals surface area contributed by atoms with Crippen LogP contribution in [0.4, 0.5) is 0 Å². The molecule has 0 aliphatic carbocycles. The highest BCUT2D eigenvalue weighted by molar-refractivity contribution is 5.94. The Kier molecular flexibility index (Phi) is 6.37. The summed E-state index contributed by atoms with van der Waals surface area (Å²) in [7, 11) is 3.20. The summed E-state index contributed by atoms with van der Waals surface area (Å²) in [6, 6.07) is 3.57. The number of carbonyl (C=O) groups excluding carboxylic acids is 1. The average molecular weight is 400 g/mol. The second kappa shape index (κ2) is 8.78. The first-order valence-corrected chi connectivity index (χ1v) is 9.84. The van der Waals surface area contributed by atoms with Gasteiger partial charge in [0.05, 0.1) is 30.7 Å². The monoisotopic (exact) mass is 400 g/mol. The second-order valence-corrected chi connectivity index (χ2v) is 7.61. The fraction of sp³-hybridized carbons (Fsp3) is 0.500. The summed E-state index contributed by atoms with van der Waals surface area (Å²) >= 11 is 0. The number of fused-ring (bicyclic) bond motifs is 3. The van der Waals surface area contributed by atoms with E-state index in [1.807, 2.05) is 10.6 Å². The number of nitrogens with zero attached hydrogens (tertiary/aromatic N) is 2. The standard InChI is InChI=1S/C22H28N2O5/c1-13(2)17-9-15-10-20(29-8-6-7-27-4)22(28-5)23-21(15)18-11-19(26)16(14(3)25)12-24(17)18/h10-13,17H,6-9H2,1-5H3. The molecule has 29 heavy (non-hydrogen) atoms. The topological polar surface area (TPSA) is 79.7 Å². The summed E-state index contributed by atoms with van der Waals surface area (Å²) in [5.41, 5.74) is 2.30. The Hall–Kier alpha value is -2.67. The predicted molar refractivity (Wildman–Crippen MR) is 110 cm³/mol. The van der Waals surface area contributed by atoms with E-state index in [-0.39, 0.29) is 22.8 Å². The minimum absolute atomic E-state index is 0.104. The van der Waals surface area contributed by atoms with Crippen LogP contribution >= 0.6 is 0 Å². The van der Waals surface area contributed by atoms with Crippen molar-refractivity contribution in [1.82, 2.24) is 9.55 Å². The molecule has 1 aliphatic heterocycles. The molecule has 0 radical (unpaired) electrons. The molecule has 2 aromatic rings. The summed E-state index contributed by atoms with van der Waals surface area (Å²) in [6.07, 6.45) is 3.17. The van der Waals surface area contributed by atoms with Crippen LogP contribution in [0.15, 0.2) is 23.1 Å². The first-order valence-electron chi connectivity index (χ1n) is 9.84. The van der Waals surface area contributed by atoms with Crippen molar-refractivity contribution in [1.29, 1.82) is 0 Å². The van der Waals surface area contributed by atoms with E-state index >= 15 is 0 Å². The van der Waals surface area contributed by atoms with Crippen LogP contribution in [0, 0.1) is 5.92 Å². The molecule has 3 rings (SSSR count). The number of rotatable bonds is 8. The fourth-order valence-corrected chi connectivity index (χ4v) is 3.69. The quantitative estimate of drug-likeness (QED) is 0.500.